The van der Waals surface area contributed by atoms with Gasteiger partial charge < -0.3 is 4.74 Å². The van der Waals surface area contributed by atoms with Crippen LogP contribution in [0.4, 0.5) is 0 Å². The van der Waals surface area contributed by atoms with E-state index in [1.165, 1.54) is 7.11 Å². The highest BCUT2D eigenvalue weighted by Gasteiger charge is 2.13. The third-order valence-corrected chi connectivity index (χ3v) is 3.07. The maximum atomic E-state index is 11.6. The number of nitrogens with zero attached hydrogens (tertiary/aromatic N) is 4. The van der Waals surface area contributed by atoms with Crippen LogP contribution >= 0.6 is 0 Å². The summed E-state index contributed by atoms with van der Waals surface area (Å²) in [7, 11) is 1.35. The Hall–Kier alpha value is -2.76. The quantitative estimate of drug-likeness (QED) is 0.664. The van der Waals surface area contributed by atoms with Crippen LogP contribution in [0.5, 0.6) is 0 Å². The van der Waals surface area contributed by atoms with Gasteiger partial charge in [-0.05, 0) is 31.2 Å². The highest BCUT2D eigenvalue weighted by Crippen LogP contribution is 2.21. The molecule has 3 aromatic rings. The molecule has 0 bridgehead atoms. The molecular weight excluding hydrogens is 256 g/mol. The highest BCUT2D eigenvalue weighted by molar-refractivity contribution is 5.89. The van der Waals surface area contributed by atoms with Crippen molar-refractivity contribution in [2.45, 2.75) is 6.92 Å². The zero-order valence-corrected chi connectivity index (χ0v) is 11.1. The van der Waals surface area contributed by atoms with Gasteiger partial charge in [0.05, 0.1) is 12.7 Å². The lowest BCUT2D eigenvalue weighted by Gasteiger charge is -2.04. The minimum atomic E-state index is -0.394. The summed E-state index contributed by atoms with van der Waals surface area (Å²) < 4.78 is 6.49. The van der Waals surface area contributed by atoms with E-state index in [0.29, 0.717) is 17.0 Å². The lowest BCUT2D eigenvalue weighted by atomic mass is 10.2. The van der Waals surface area contributed by atoms with Crippen LogP contribution < -0.4 is 0 Å². The van der Waals surface area contributed by atoms with Crippen LogP contribution in [-0.2, 0) is 4.74 Å². The van der Waals surface area contributed by atoms with Gasteiger partial charge in [-0.1, -0.05) is 0 Å². The molecule has 0 aliphatic heterocycles. The van der Waals surface area contributed by atoms with Crippen LogP contribution in [-0.4, -0.2) is 32.7 Å². The van der Waals surface area contributed by atoms with Gasteiger partial charge in [-0.3, -0.25) is 9.38 Å². The van der Waals surface area contributed by atoms with E-state index in [1.807, 2.05) is 19.1 Å². The van der Waals surface area contributed by atoms with Crippen molar-refractivity contribution < 1.29 is 9.53 Å². The van der Waals surface area contributed by atoms with Crippen LogP contribution in [0, 0.1) is 6.92 Å². The van der Waals surface area contributed by atoms with Crippen LogP contribution in [0.25, 0.3) is 17.0 Å². The molecule has 0 aromatic carbocycles. The highest BCUT2D eigenvalue weighted by atomic mass is 16.5. The molecule has 0 unspecified atom stereocenters. The second kappa shape index (κ2) is 4.73. The Morgan fingerprint density at radius 3 is 2.85 bits per heavy atom. The molecule has 0 N–H and O–H groups in total. The standard InChI is InChI=1S/C14H12N4O2/c1-9-11(4-3-7-15-9)13-17-16-12-6-5-10(8-18(12)13)14(19)20-2/h3-8H,1-2H3. The minimum Gasteiger partial charge on any atom is -0.465 e. The second-order valence-electron chi connectivity index (χ2n) is 4.30. The lowest BCUT2D eigenvalue weighted by Crippen LogP contribution is -2.03. The van der Waals surface area contributed by atoms with Gasteiger partial charge in [0.1, 0.15) is 0 Å². The molecule has 0 saturated carbocycles. The Morgan fingerprint density at radius 2 is 2.10 bits per heavy atom. The fourth-order valence-corrected chi connectivity index (χ4v) is 2.03. The fourth-order valence-electron chi connectivity index (χ4n) is 2.03. The smallest absolute Gasteiger partial charge is 0.339 e. The summed E-state index contributed by atoms with van der Waals surface area (Å²) in [5.41, 5.74) is 2.84. The third kappa shape index (κ3) is 1.91. The first-order valence-corrected chi connectivity index (χ1v) is 6.06. The Bertz CT molecular complexity index is 795. The van der Waals surface area contributed by atoms with Crippen LogP contribution in [0.15, 0.2) is 36.7 Å². The van der Waals surface area contributed by atoms with E-state index in [0.717, 1.165) is 11.3 Å². The molecule has 0 fully saturated rings. The molecule has 0 spiro atoms. The number of carbonyl (C=O) groups excluding carboxylic acids is 1. The number of rotatable bonds is 2. The number of carbonyl (C=O) groups is 1. The van der Waals surface area contributed by atoms with E-state index >= 15 is 0 Å². The van der Waals surface area contributed by atoms with Crippen molar-refractivity contribution in [3.8, 4) is 11.4 Å². The van der Waals surface area contributed by atoms with Crippen molar-refractivity contribution in [3.05, 3.63) is 47.9 Å². The molecule has 3 heterocycles. The van der Waals surface area contributed by atoms with Crippen LogP contribution in [0.3, 0.4) is 0 Å². The predicted molar refractivity (Wildman–Crippen MR) is 72.3 cm³/mol. The summed E-state index contributed by atoms with van der Waals surface area (Å²) in [5, 5.41) is 8.27. The average Bonchev–Trinajstić information content (AvgIpc) is 2.90. The summed E-state index contributed by atoms with van der Waals surface area (Å²) in [6.45, 7) is 1.90. The lowest BCUT2D eigenvalue weighted by molar-refractivity contribution is 0.0600. The van der Waals surface area contributed by atoms with Gasteiger partial charge in [0.25, 0.3) is 0 Å². The molecular formula is C14H12N4O2. The van der Waals surface area contributed by atoms with E-state index in [9.17, 15) is 4.79 Å². The summed E-state index contributed by atoms with van der Waals surface area (Å²) >= 11 is 0. The van der Waals surface area contributed by atoms with Crippen LogP contribution in [0.2, 0.25) is 0 Å². The Labute approximate surface area is 115 Å². The number of fused-ring (bicyclic) bond motifs is 1. The molecule has 20 heavy (non-hydrogen) atoms. The fraction of sp³-hybridized carbons (Fsp3) is 0.143. The molecule has 100 valence electrons. The number of ether oxygens (including phenoxy) is 1. The van der Waals surface area contributed by atoms with Gasteiger partial charge in [-0.2, -0.15) is 0 Å². The number of hydrogen-bond acceptors (Lipinski definition) is 5. The predicted octanol–water partition coefficient (Wildman–Crippen LogP) is 1.89. The van der Waals surface area contributed by atoms with Crippen LogP contribution in [0.1, 0.15) is 16.1 Å². The molecule has 0 saturated heterocycles. The van der Waals surface area contributed by atoms with Gasteiger partial charge in [0.2, 0.25) is 0 Å². The number of esters is 1. The molecule has 0 amide bonds. The maximum absolute atomic E-state index is 11.6. The van der Waals surface area contributed by atoms with Crippen molar-refractivity contribution >= 4 is 11.6 Å². The van der Waals surface area contributed by atoms with Crippen molar-refractivity contribution in [2.24, 2.45) is 0 Å². The average molecular weight is 268 g/mol. The molecule has 0 aliphatic carbocycles. The number of methoxy groups -OCH3 is 1. The first-order valence-electron chi connectivity index (χ1n) is 6.06. The number of pyridine rings is 2. The summed E-state index contributed by atoms with van der Waals surface area (Å²) in [6.07, 6.45) is 3.39. The molecule has 0 aliphatic rings. The summed E-state index contributed by atoms with van der Waals surface area (Å²) in [4.78, 5) is 15.8. The molecule has 0 radical (unpaired) electrons. The molecule has 3 aromatic heterocycles. The molecule has 6 heteroatoms. The molecule has 0 atom stereocenters. The van der Waals surface area contributed by atoms with Crippen molar-refractivity contribution in [1.82, 2.24) is 19.6 Å². The van der Waals surface area contributed by atoms with E-state index in [-0.39, 0.29) is 0 Å². The van der Waals surface area contributed by atoms with E-state index in [1.54, 1.807) is 28.9 Å². The van der Waals surface area contributed by atoms with Crippen molar-refractivity contribution in [2.75, 3.05) is 7.11 Å². The van der Waals surface area contributed by atoms with Gasteiger partial charge in [0, 0.05) is 23.7 Å². The Balaban J connectivity index is 2.22. The second-order valence-corrected chi connectivity index (χ2v) is 4.30. The topological polar surface area (TPSA) is 69.4 Å². The van der Waals surface area contributed by atoms with Gasteiger partial charge in [-0.25, -0.2) is 4.79 Å². The molecule has 3 rings (SSSR count). The number of hydrogen-bond donors (Lipinski definition) is 0. The Kier molecular flexibility index (Phi) is 2.90. The summed E-state index contributed by atoms with van der Waals surface area (Å²) in [6, 6.07) is 7.15. The van der Waals surface area contributed by atoms with E-state index in [4.69, 9.17) is 4.74 Å². The van der Waals surface area contributed by atoms with E-state index < -0.39 is 5.97 Å². The minimum absolute atomic E-state index is 0.394. The maximum Gasteiger partial charge on any atom is 0.339 e. The van der Waals surface area contributed by atoms with Crippen molar-refractivity contribution in [1.29, 1.82) is 0 Å². The molecule has 6 nitrogen and oxygen atoms in total. The normalized spacial score (nSPS) is 10.7. The van der Waals surface area contributed by atoms with Gasteiger partial charge in [0.15, 0.2) is 11.5 Å². The largest absolute Gasteiger partial charge is 0.465 e. The zero-order chi connectivity index (χ0) is 14.1. The monoisotopic (exact) mass is 268 g/mol. The SMILES string of the molecule is COC(=O)c1ccc2nnc(-c3cccnc3C)n2c1. The van der Waals surface area contributed by atoms with Gasteiger partial charge in [-0.15, -0.1) is 10.2 Å². The number of aryl methyl sites for hydroxylation is 1. The van der Waals surface area contributed by atoms with E-state index in [2.05, 4.69) is 15.2 Å². The zero-order valence-electron chi connectivity index (χ0n) is 11.1. The number of aromatic nitrogens is 4. The van der Waals surface area contributed by atoms with Gasteiger partial charge >= 0.3 is 5.97 Å². The van der Waals surface area contributed by atoms with Crippen molar-refractivity contribution in [3.63, 3.8) is 0 Å². The summed E-state index contributed by atoms with van der Waals surface area (Å²) in [5.74, 6) is 0.255. The third-order valence-electron chi connectivity index (χ3n) is 3.07. The first kappa shape index (κ1) is 12.3. The Morgan fingerprint density at radius 1 is 1.25 bits per heavy atom. The first-order chi connectivity index (χ1) is 9.70.